The average molecular weight is 344 g/mol. The minimum absolute atomic E-state index is 0.259. The van der Waals surface area contributed by atoms with Gasteiger partial charge in [0.05, 0.1) is 19.2 Å². The van der Waals surface area contributed by atoms with E-state index in [1.807, 2.05) is 0 Å². The lowest BCUT2D eigenvalue weighted by Gasteiger charge is -2.16. The number of rotatable bonds is 4. The Morgan fingerprint density at radius 1 is 1.17 bits per heavy atom. The van der Waals surface area contributed by atoms with Crippen LogP contribution in [0.15, 0.2) is 24.3 Å². The molecule has 5 nitrogen and oxygen atoms in total. The average Bonchev–Trinajstić information content (AvgIpc) is 2.50. The number of hydrogen-bond acceptors (Lipinski definition) is 3. The van der Waals surface area contributed by atoms with E-state index in [-0.39, 0.29) is 5.39 Å². The Morgan fingerprint density at radius 2 is 1.79 bits per heavy atom. The summed E-state index contributed by atoms with van der Waals surface area (Å²) >= 11 is 0. The first kappa shape index (κ1) is 17.5. The van der Waals surface area contributed by atoms with E-state index in [1.165, 1.54) is 0 Å². The maximum absolute atomic E-state index is 14.0. The standard InChI is InChI=1S/C15H12F4N2O3/c1-24-10-5-3-7-8(13(10)15(17,18)19)2-4-9(16)12(7)14(23)21-6-11(20)22/h2-5H,6H2,1H3,(H2,20,22)(H,21,23). The second kappa shape index (κ2) is 6.34. The van der Waals surface area contributed by atoms with E-state index in [0.29, 0.717) is 0 Å². The first-order valence-electron chi connectivity index (χ1n) is 6.59. The van der Waals surface area contributed by atoms with Gasteiger partial charge >= 0.3 is 6.18 Å². The number of methoxy groups -OCH3 is 1. The fraction of sp³-hybridized carbons (Fsp3) is 0.200. The van der Waals surface area contributed by atoms with Crippen LogP contribution in [0, 0.1) is 5.82 Å². The molecule has 0 fully saturated rings. The molecule has 0 unspecified atom stereocenters. The molecule has 0 aliphatic rings. The van der Waals surface area contributed by atoms with Crippen LogP contribution in [0.3, 0.4) is 0 Å². The van der Waals surface area contributed by atoms with Gasteiger partial charge in [-0.3, -0.25) is 9.59 Å². The second-order valence-electron chi connectivity index (χ2n) is 4.81. The van der Waals surface area contributed by atoms with Crippen LogP contribution >= 0.6 is 0 Å². The summed E-state index contributed by atoms with van der Waals surface area (Å²) in [6, 6.07) is 3.80. The molecule has 2 aromatic rings. The van der Waals surface area contributed by atoms with Crippen LogP contribution in [-0.4, -0.2) is 25.5 Å². The number of alkyl halides is 3. The maximum atomic E-state index is 14.0. The summed E-state index contributed by atoms with van der Waals surface area (Å²) in [5.74, 6) is -3.40. The smallest absolute Gasteiger partial charge is 0.420 e. The Bertz CT molecular complexity index is 818. The van der Waals surface area contributed by atoms with Crippen LogP contribution in [0.1, 0.15) is 15.9 Å². The van der Waals surface area contributed by atoms with Crippen LogP contribution in [0.5, 0.6) is 5.75 Å². The van der Waals surface area contributed by atoms with Crippen LogP contribution in [0.25, 0.3) is 10.8 Å². The highest BCUT2D eigenvalue weighted by Gasteiger charge is 2.37. The zero-order valence-corrected chi connectivity index (χ0v) is 12.3. The molecule has 0 spiro atoms. The number of carbonyl (C=O) groups is 2. The van der Waals surface area contributed by atoms with Crippen LogP contribution < -0.4 is 15.8 Å². The fourth-order valence-electron chi connectivity index (χ4n) is 2.31. The van der Waals surface area contributed by atoms with Crippen molar-refractivity contribution in [1.82, 2.24) is 5.32 Å². The molecule has 0 aliphatic heterocycles. The lowest BCUT2D eigenvalue weighted by molar-refractivity contribution is -0.137. The summed E-state index contributed by atoms with van der Waals surface area (Å²) in [4.78, 5) is 22.7. The van der Waals surface area contributed by atoms with Crippen molar-refractivity contribution in [2.75, 3.05) is 13.7 Å². The van der Waals surface area contributed by atoms with Crippen LogP contribution in [-0.2, 0) is 11.0 Å². The highest BCUT2D eigenvalue weighted by atomic mass is 19.4. The van der Waals surface area contributed by atoms with E-state index in [4.69, 9.17) is 10.5 Å². The number of amides is 2. The van der Waals surface area contributed by atoms with Gasteiger partial charge in [0.1, 0.15) is 17.1 Å². The first-order chi connectivity index (χ1) is 11.2. The molecule has 0 aliphatic carbocycles. The van der Waals surface area contributed by atoms with E-state index in [1.54, 1.807) is 0 Å². The fourth-order valence-corrected chi connectivity index (χ4v) is 2.31. The number of hydrogen-bond donors (Lipinski definition) is 2. The van der Waals surface area contributed by atoms with Gasteiger partial charge in [0.2, 0.25) is 5.91 Å². The molecule has 0 bridgehead atoms. The Hall–Kier alpha value is -2.84. The number of benzene rings is 2. The second-order valence-corrected chi connectivity index (χ2v) is 4.81. The third-order valence-electron chi connectivity index (χ3n) is 3.27. The molecule has 0 saturated carbocycles. The maximum Gasteiger partial charge on any atom is 0.420 e. The van der Waals surface area contributed by atoms with Gasteiger partial charge in [-0.05, 0) is 29.0 Å². The molecular weight excluding hydrogens is 332 g/mol. The molecule has 24 heavy (non-hydrogen) atoms. The summed E-state index contributed by atoms with van der Waals surface area (Å²) < 4.78 is 58.7. The van der Waals surface area contributed by atoms with Crippen molar-refractivity contribution in [2.24, 2.45) is 5.73 Å². The van der Waals surface area contributed by atoms with E-state index in [0.717, 1.165) is 31.4 Å². The highest BCUT2D eigenvalue weighted by Crippen LogP contribution is 2.42. The highest BCUT2D eigenvalue weighted by molar-refractivity contribution is 6.09. The van der Waals surface area contributed by atoms with E-state index >= 15 is 0 Å². The molecule has 2 aromatic carbocycles. The summed E-state index contributed by atoms with van der Waals surface area (Å²) in [6.45, 7) is -0.572. The number of ether oxygens (including phenoxy) is 1. The Labute approximate surface area is 133 Å². The molecule has 0 atom stereocenters. The number of halogens is 4. The predicted molar refractivity (Wildman–Crippen MR) is 77.0 cm³/mol. The van der Waals surface area contributed by atoms with Crippen molar-refractivity contribution < 1.29 is 31.9 Å². The zero-order chi connectivity index (χ0) is 18.1. The largest absolute Gasteiger partial charge is 0.496 e. The van der Waals surface area contributed by atoms with Gasteiger partial charge in [-0.1, -0.05) is 6.07 Å². The number of fused-ring (bicyclic) bond motifs is 1. The predicted octanol–water partition coefficient (Wildman–Crippen LogP) is 2.22. The zero-order valence-electron chi connectivity index (χ0n) is 12.3. The molecule has 0 aromatic heterocycles. The third kappa shape index (κ3) is 3.24. The molecule has 2 amide bonds. The lowest BCUT2D eigenvalue weighted by atomic mass is 9.98. The number of nitrogens with one attached hydrogen (secondary N) is 1. The summed E-state index contributed by atoms with van der Waals surface area (Å²) in [6.07, 6.45) is -4.77. The van der Waals surface area contributed by atoms with Crippen molar-refractivity contribution in [3.8, 4) is 5.75 Å². The number of carbonyl (C=O) groups excluding carboxylic acids is 2. The van der Waals surface area contributed by atoms with Gasteiger partial charge in [-0.25, -0.2) is 4.39 Å². The van der Waals surface area contributed by atoms with Crippen LogP contribution in [0.2, 0.25) is 0 Å². The van der Waals surface area contributed by atoms with E-state index in [9.17, 15) is 27.2 Å². The SMILES string of the molecule is COc1ccc2c(C(=O)NCC(N)=O)c(F)ccc2c1C(F)(F)F. The van der Waals surface area contributed by atoms with Gasteiger partial charge in [0, 0.05) is 0 Å². The molecule has 128 valence electrons. The van der Waals surface area contributed by atoms with E-state index in [2.05, 4.69) is 5.32 Å². The summed E-state index contributed by atoms with van der Waals surface area (Å²) in [5, 5.41) is 1.40. The molecule has 9 heteroatoms. The van der Waals surface area contributed by atoms with Gasteiger partial charge < -0.3 is 15.8 Å². The van der Waals surface area contributed by atoms with E-state index < -0.39 is 52.6 Å². The Kier molecular flexibility index (Phi) is 4.63. The molecule has 0 saturated heterocycles. The molecule has 2 rings (SSSR count). The molecule has 0 heterocycles. The minimum Gasteiger partial charge on any atom is -0.496 e. The van der Waals surface area contributed by atoms with Crippen molar-refractivity contribution in [3.05, 3.63) is 41.2 Å². The van der Waals surface area contributed by atoms with Crippen molar-refractivity contribution in [3.63, 3.8) is 0 Å². The van der Waals surface area contributed by atoms with Crippen molar-refractivity contribution in [2.45, 2.75) is 6.18 Å². The topological polar surface area (TPSA) is 81.4 Å². The van der Waals surface area contributed by atoms with Gasteiger partial charge in [-0.2, -0.15) is 13.2 Å². The quantitative estimate of drug-likeness (QED) is 0.835. The number of primary amides is 1. The molecule has 0 radical (unpaired) electrons. The Morgan fingerprint density at radius 3 is 2.33 bits per heavy atom. The number of nitrogens with two attached hydrogens (primary N) is 1. The molecular formula is C15H12F4N2O3. The van der Waals surface area contributed by atoms with Gasteiger partial charge in [-0.15, -0.1) is 0 Å². The van der Waals surface area contributed by atoms with Gasteiger partial charge in [0.15, 0.2) is 0 Å². The monoisotopic (exact) mass is 344 g/mol. The first-order valence-corrected chi connectivity index (χ1v) is 6.59. The summed E-state index contributed by atoms with van der Waals surface area (Å²) in [7, 11) is 1.07. The van der Waals surface area contributed by atoms with Crippen LogP contribution in [0.4, 0.5) is 17.6 Å². The Balaban J connectivity index is 2.72. The normalized spacial score (nSPS) is 11.4. The van der Waals surface area contributed by atoms with Crippen molar-refractivity contribution >= 4 is 22.6 Å². The van der Waals surface area contributed by atoms with Gasteiger partial charge in [0.25, 0.3) is 5.91 Å². The third-order valence-corrected chi connectivity index (χ3v) is 3.27. The lowest BCUT2D eigenvalue weighted by Crippen LogP contribution is -2.33. The summed E-state index contributed by atoms with van der Waals surface area (Å²) in [5.41, 5.74) is 3.15. The van der Waals surface area contributed by atoms with Crippen molar-refractivity contribution in [1.29, 1.82) is 0 Å². The molecule has 3 N–H and O–H groups in total. The minimum atomic E-state index is -4.77.